The largest absolute Gasteiger partial charge is 0.495 e. The fourth-order valence-electron chi connectivity index (χ4n) is 3.07. The Morgan fingerprint density at radius 2 is 1.88 bits per heavy atom. The van der Waals surface area contributed by atoms with Crippen molar-refractivity contribution >= 4 is 44.7 Å². The third-order valence-electron chi connectivity index (χ3n) is 4.55. The second-order valence-electron chi connectivity index (χ2n) is 6.70. The van der Waals surface area contributed by atoms with E-state index in [4.69, 9.17) is 16.3 Å². The Balaban J connectivity index is 1.60. The van der Waals surface area contributed by atoms with Crippen molar-refractivity contribution in [1.82, 2.24) is 9.38 Å². The normalized spacial score (nSPS) is 11.4. The molecular formula is C22H18ClN3O4S2. The maximum Gasteiger partial charge on any atom is 0.265 e. The molecule has 0 aliphatic rings. The van der Waals surface area contributed by atoms with E-state index in [-0.39, 0.29) is 21.2 Å². The van der Waals surface area contributed by atoms with Gasteiger partial charge in [0.2, 0.25) is 0 Å². The van der Waals surface area contributed by atoms with Gasteiger partial charge >= 0.3 is 0 Å². The van der Waals surface area contributed by atoms with Crippen LogP contribution in [0.15, 0.2) is 87.5 Å². The van der Waals surface area contributed by atoms with Gasteiger partial charge in [0.05, 0.1) is 18.5 Å². The number of hydrogen-bond acceptors (Lipinski definition) is 6. The Bertz CT molecular complexity index is 1460. The fourth-order valence-corrected chi connectivity index (χ4v) is 5.54. The lowest BCUT2D eigenvalue weighted by Gasteiger charge is -2.14. The predicted molar refractivity (Wildman–Crippen MR) is 126 cm³/mol. The maximum absolute atomic E-state index is 13.0. The number of thioether (sulfide) groups is 1. The number of nitrogens with one attached hydrogen (secondary N) is 1. The molecule has 0 amide bonds. The molecule has 1 N–H and O–H groups in total. The van der Waals surface area contributed by atoms with Crippen LogP contribution < -0.4 is 15.0 Å². The van der Waals surface area contributed by atoms with E-state index in [1.165, 1.54) is 41.5 Å². The number of fused-ring (bicyclic) bond motifs is 1. The van der Waals surface area contributed by atoms with Gasteiger partial charge in [0, 0.05) is 27.9 Å². The van der Waals surface area contributed by atoms with Crippen LogP contribution in [0.1, 0.15) is 5.69 Å². The van der Waals surface area contributed by atoms with Gasteiger partial charge in [-0.1, -0.05) is 29.8 Å². The van der Waals surface area contributed by atoms with Crippen LogP contribution in [-0.4, -0.2) is 24.9 Å². The second kappa shape index (κ2) is 9.23. The first-order valence-corrected chi connectivity index (χ1v) is 12.3. The maximum atomic E-state index is 13.0. The van der Waals surface area contributed by atoms with E-state index in [2.05, 4.69) is 9.71 Å². The number of hydrogen-bond donors (Lipinski definition) is 1. The summed E-state index contributed by atoms with van der Waals surface area (Å²) < 4.78 is 35.3. The highest BCUT2D eigenvalue weighted by molar-refractivity contribution is 7.98. The van der Waals surface area contributed by atoms with Crippen molar-refractivity contribution in [2.45, 2.75) is 15.5 Å². The molecule has 4 aromatic rings. The zero-order chi connectivity index (χ0) is 22.7. The van der Waals surface area contributed by atoms with E-state index in [0.29, 0.717) is 27.7 Å². The summed E-state index contributed by atoms with van der Waals surface area (Å²) in [5.74, 6) is 0.577. The van der Waals surface area contributed by atoms with Crippen LogP contribution in [-0.2, 0) is 15.8 Å². The highest BCUT2D eigenvalue weighted by atomic mass is 35.5. The van der Waals surface area contributed by atoms with Crippen molar-refractivity contribution in [1.29, 1.82) is 0 Å². The first kappa shape index (κ1) is 22.2. The number of sulfonamides is 1. The number of nitrogens with zero attached hydrogens (tertiary/aromatic N) is 2. The van der Waals surface area contributed by atoms with Crippen LogP contribution in [0.25, 0.3) is 5.65 Å². The van der Waals surface area contributed by atoms with Gasteiger partial charge in [0.1, 0.15) is 16.3 Å². The average molecular weight is 488 g/mol. The third kappa shape index (κ3) is 4.74. The first-order valence-electron chi connectivity index (χ1n) is 9.43. The molecule has 32 heavy (non-hydrogen) atoms. The summed E-state index contributed by atoms with van der Waals surface area (Å²) in [4.78, 5) is 17.4. The van der Waals surface area contributed by atoms with Gasteiger partial charge in [0.15, 0.2) is 0 Å². The molecule has 0 unspecified atom stereocenters. The Morgan fingerprint density at radius 3 is 2.69 bits per heavy atom. The molecule has 2 aromatic heterocycles. The Morgan fingerprint density at radius 1 is 1.09 bits per heavy atom. The van der Waals surface area contributed by atoms with Gasteiger partial charge in [-0.05, 0) is 42.5 Å². The molecule has 10 heteroatoms. The van der Waals surface area contributed by atoms with Gasteiger partial charge in [-0.2, -0.15) is 0 Å². The lowest BCUT2D eigenvalue weighted by atomic mass is 10.3. The molecule has 0 radical (unpaired) electrons. The molecule has 4 rings (SSSR count). The lowest BCUT2D eigenvalue weighted by molar-refractivity contribution is 0.403. The van der Waals surface area contributed by atoms with Crippen LogP contribution in [0.4, 0.5) is 5.69 Å². The van der Waals surface area contributed by atoms with Gasteiger partial charge < -0.3 is 4.74 Å². The van der Waals surface area contributed by atoms with E-state index in [1.807, 2.05) is 12.1 Å². The first-order chi connectivity index (χ1) is 15.4. The number of para-hydroxylation sites is 1. The molecule has 0 fully saturated rings. The lowest BCUT2D eigenvalue weighted by Crippen LogP contribution is -2.15. The highest BCUT2D eigenvalue weighted by Crippen LogP contribution is 2.33. The Labute approximate surface area is 194 Å². The van der Waals surface area contributed by atoms with Gasteiger partial charge in [-0.15, -0.1) is 11.8 Å². The Kier molecular flexibility index (Phi) is 6.40. The summed E-state index contributed by atoms with van der Waals surface area (Å²) in [6.07, 6.45) is 1.66. The standard InChI is InChI=1S/C22H18ClN3O4S2/c1-30-18-10-9-15(23)12-20(18)32(28,29)25-17-6-2-3-7-19(17)31-14-16-13-22(27)26-11-5-4-8-21(26)24-16/h2-13,25H,14H2,1H3. The summed E-state index contributed by atoms with van der Waals surface area (Å²) in [6, 6.07) is 18.2. The number of aromatic nitrogens is 2. The van der Waals surface area contributed by atoms with Crippen molar-refractivity contribution in [3.05, 3.63) is 94.0 Å². The van der Waals surface area contributed by atoms with Gasteiger partial charge in [-0.3, -0.25) is 13.9 Å². The smallest absolute Gasteiger partial charge is 0.265 e. The minimum absolute atomic E-state index is 0.0588. The summed E-state index contributed by atoms with van der Waals surface area (Å²) in [6.45, 7) is 0. The molecular weight excluding hydrogens is 470 g/mol. The van der Waals surface area contributed by atoms with E-state index in [0.717, 1.165) is 0 Å². The van der Waals surface area contributed by atoms with Crippen molar-refractivity contribution in [2.24, 2.45) is 0 Å². The van der Waals surface area contributed by atoms with Crippen LogP contribution >= 0.6 is 23.4 Å². The van der Waals surface area contributed by atoms with Crippen molar-refractivity contribution in [2.75, 3.05) is 11.8 Å². The number of pyridine rings is 1. The van der Waals surface area contributed by atoms with Crippen LogP contribution in [0.3, 0.4) is 0 Å². The molecule has 0 spiro atoms. The summed E-state index contributed by atoms with van der Waals surface area (Å²) >= 11 is 7.37. The number of methoxy groups -OCH3 is 1. The van der Waals surface area contributed by atoms with Crippen molar-refractivity contribution < 1.29 is 13.2 Å². The summed E-state index contributed by atoms with van der Waals surface area (Å²) in [5, 5.41) is 0.280. The van der Waals surface area contributed by atoms with Crippen molar-refractivity contribution in [3.8, 4) is 5.75 Å². The highest BCUT2D eigenvalue weighted by Gasteiger charge is 2.21. The number of ether oxygens (including phenoxy) is 1. The van der Waals surface area contributed by atoms with Gasteiger partial charge in [0.25, 0.3) is 15.6 Å². The van der Waals surface area contributed by atoms with Gasteiger partial charge in [-0.25, -0.2) is 13.4 Å². The SMILES string of the molecule is COc1ccc(Cl)cc1S(=O)(=O)Nc1ccccc1SCc1cc(=O)n2ccccc2n1. The van der Waals surface area contributed by atoms with E-state index >= 15 is 0 Å². The fraction of sp³-hybridized carbons (Fsp3) is 0.0909. The zero-order valence-electron chi connectivity index (χ0n) is 16.9. The monoisotopic (exact) mass is 487 g/mol. The molecule has 0 saturated carbocycles. The molecule has 7 nitrogen and oxygen atoms in total. The van der Waals surface area contributed by atoms with Crippen LogP contribution in [0.5, 0.6) is 5.75 Å². The van der Waals surface area contributed by atoms with Crippen molar-refractivity contribution in [3.63, 3.8) is 0 Å². The third-order valence-corrected chi connectivity index (χ3v) is 7.28. The molecule has 0 aliphatic carbocycles. The average Bonchev–Trinajstić information content (AvgIpc) is 2.78. The predicted octanol–water partition coefficient (Wildman–Crippen LogP) is 4.45. The molecule has 0 atom stereocenters. The zero-order valence-corrected chi connectivity index (χ0v) is 19.2. The number of rotatable bonds is 7. The molecule has 0 saturated heterocycles. The molecule has 0 bridgehead atoms. The van der Waals surface area contributed by atoms with Crippen LogP contribution in [0.2, 0.25) is 5.02 Å². The van der Waals surface area contributed by atoms with E-state index in [1.54, 1.807) is 42.6 Å². The topological polar surface area (TPSA) is 89.8 Å². The summed E-state index contributed by atoms with van der Waals surface area (Å²) in [7, 11) is -2.57. The summed E-state index contributed by atoms with van der Waals surface area (Å²) in [5.41, 5.74) is 1.38. The number of benzene rings is 2. The molecule has 164 valence electrons. The molecule has 2 aromatic carbocycles. The number of halogens is 1. The Hall–Kier alpha value is -3.01. The number of anilines is 1. The molecule has 2 heterocycles. The minimum atomic E-state index is -3.96. The quantitative estimate of drug-likeness (QED) is 0.387. The second-order valence-corrected chi connectivity index (χ2v) is 9.80. The molecule has 0 aliphatic heterocycles. The van der Waals surface area contributed by atoms with E-state index in [9.17, 15) is 13.2 Å². The van der Waals surface area contributed by atoms with Crippen LogP contribution in [0, 0.1) is 0 Å². The van der Waals surface area contributed by atoms with E-state index < -0.39 is 10.0 Å². The minimum Gasteiger partial charge on any atom is -0.495 e.